The zero-order valence-electron chi connectivity index (χ0n) is 20.5. The minimum Gasteiger partial charge on any atom is -0.466 e. The Bertz CT molecular complexity index is 1080. The van der Waals surface area contributed by atoms with Crippen LogP contribution in [-0.4, -0.2) is 41.7 Å². The maximum atomic E-state index is 13.1. The van der Waals surface area contributed by atoms with E-state index in [-0.39, 0.29) is 22.4 Å². The Labute approximate surface area is 198 Å². The summed E-state index contributed by atoms with van der Waals surface area (Å²) >= 11 is 0. The van der Waals surface area contributed by atoms with Gasteiger partial charge in [-0.15, -0.1) is 10.3 Å². The summed E-state index contributed by atoms with van der Waals surface area (Å²) < 4.78 is 9.88. The van der Waals surface area contributed by atoms with Crippen LogP contribution in [0.25, 0.3) is 0 Å². The molecule has 1 aromatic carbocycles. The maximum Gasteiger partial charge on any atom is 0.336 e. The molecule has 10 heteroatoms. The second-order valence-corrected chi connectivity index (χ2v) is 9.53. The van der Waals surface area contributed by atoms with Crippen LogP contribution in [0.4, 0.5) is 5.69 Å². The van der Waals surface area contributed by atoms with Gasteiger partial charge in [-0.3, -0.25) is 10.1 Å². The number of benzene rings is 1. The molecule has 1 unspecified atom stereocenters. The number of methoxy groups -OCH3 is 2. The molecule has 1 saturated heterocycles. The van der Waals surface area contributed by atoms with Crippen LogP contribution in [0.2, 0.25) is 0 Å². The SMILES string of the molecule is COC(=O)C1=C(C)NC(C)=C(C(=O)OC)C1c1ccc(C2(C)CCC(C)(C)N2[O])cc1[N+](=O)[O-]. The Kier molecular flexibility index (Phi) is 6.60. The van der Waals surface area contributed by atoms with Gasteiger partial charge in [-0.05, 0) is 53.0 Å². The van der Waals surface area contributed by atoms with Crippen LogP contribution in [0.15, 0.2) is 40.7 Å². The van der Waals surface area contributed by atoms with Crippen molar-refractivity contribution >= 4 is 17.6 Å². The number of nitro benzene ring substituents is 1. The molecule has 1 N–H and O–H groups in total. The minimum absolute atomic E-state index is 0.0722. The van der Waals surface area contributed by atoms with Crippen molar-refractivity contribution in [1.82, 2.24) is 10.4 Å². The Hall–Kier alpha value is -3.24. The number of nitrogens with zero attached hydrogens (tertiary/aromatic N) is 2. The van der Waals surface area contributed by atoms with Gasteiger partial charge in [0.1, 0.15) is 0 Å². The fourth-order valence-corrected chi connectivity index (χ4v) is 5.03. The summed E-state index contributed by atoms with van der Waals surface area (Å²) in [5, 5.41) is 29.3. The van der Waals surface area contributed by atoms with Gasteiger partial charge in [0, 0.05) is 28.6 Å². The molecule has 2 heterocycles. The largest absolute Gasteiger partial charge is 0.466 e. The molecule has 1 aromatic rings. The number of rotatable bonds is 5. The molecule has 1 radical (unpaired) electrons. The number of nitro groups is 1. The van der Waals surface area contributed by atoms with Crippen molar-refractivity contribution in [1.29, 1.82) is 0 Å². The Balaban J connectivity index is 2.27. The number of dihydropyridines is 1. The van der Waals surface area contributed by atoms with E-state index in [9.17, 15) is 24.9 Å². The lowest BCUT2D eigenvalue weighted by Gasteiger charge is -2.35. The summed E-state index contributed by atoms with van der Waals surface area (Å²) in [6, 6.07) is 4.55. The van der Waals surface area contributed by atoms with Gasteiger partial charge in [0.2, 0.25) is 0 Å². The summed E-state index contributed by atoms with van der Waals surface area (Å²) in [6.07, 6.45) is 1.17. The van der Waals surface area contributed by atoms with Crippen LogP contribution in [0.5, 0.6) is 0 Å². The molecular formula is C24H30N3O7. The number of ether oxygens (including phenoxy) is 2. The predicted octanol–water partition coefficient (Wildman–Crippen LogP) is 3.61. The third-order valence-corrected chi connectivity index (χ3v) is 6.95. The summed E-state index contributed by atoms with van der Waals surface area (Å²) in [5.74, 6) is -2.54. The molecule has 3 rings (SSSR count). The highest BCUT2D eigenvalue weighted by molar-refractivity contribution is 6.00. The van der Waals surface area contributed by atoms with Crippen molar-refractivity contribution in [3.63, 3.8) is 0 Å². The van der Waals surface area contributed by atoms with E-state index < -0.39 is 33.9 Å². The number of allylic oxidation sites excluding steroid dienone is 2. The molecule has 0 aliphatic carbocycles. The zero-order valence-corrected chi connectivity index (χ0v) is 20.5. The van der Waals surface area contributed by atoms with Crippen LogP contribution in [0.3, 0.4) is 0 Å². The lowest BCUT2D eigenvalue weighted by atomic mass is 9.78. The molecule has 2 aliphatic heterocycles. The third-order valence-electron chi connectivity index (χ3n) is 6.95. The van der Waals surface area contributed by atoms with Crippen LogP contribution in [0.1, 0.15) is 64.5 Å². The number of hydrogen-bond donors (Lipinski definition) is 1. The lowest BCUT2D eigenvalue weighted by Crippen LogP contribution is -2.44. The third kappa shape index (κ3) is 3.97. The molecule has 1 atom stereocenters. The molecule has 0 amide bonds. The van der Waals surface area contributed by atoms with E-state index in [1.54, 1.807) is 26.8 Å². The van der Waals surface area contributed by atoms with E-state index in [0.29, 0.717) is 29.8 Å². The fraction of sp³-hybridized carbons (Fsp3) is 0.500. The second kappa shape index (κ2) is 8.84. The standard InChI is InChI=1S/C24H30N3O7/c1-13-18(21(28)33-6)20(19(14(2)25-13)22(29)34-7)16-9-8-15(12-17(16)26(30)31)24(5)11-10-23(3,4)27(24)32/h8-9,12,20,25H,10-11H2,1-7H3. The molecule has 10 nitrogen and oxygen atoms in total. The highest BCUT2D eigenvalue weighted by atomic mass is 16.6. The maximum absolute atomic E-state index is 13.1. The Morgan fingerprint density at radius 1 is 1.06 bits per heavy atom. The quantitative estimate of drug-likeness (QED) is 0.391. The van der Waals surface area contributed by atoms with Gasteiger partial charge in [0.15, 0.2) is 0 Å². The molecule has 0 spiro atoms. The molecule has 1 fully saturated rings. The summed E-state index contributed by atoms with van der Waals surface area (Å²) in [4.78, 5) is 37.1. The van der Waals surface area contributed by atoms with E-state index >= 15 is 0 Å². The Morgan fingerprint density at radius 2 is 1.59 bits per heavy atom. The summed E-state index contributed by atoms with van der Waals surface area (Å²) in [7, 11) is 2.40. The zero-order chi connectivity index (χ0) is 25.6. The number of hydroxylamine groups is 2. The number of carbonyl (C=O) groups is 2. The predicted molar refractivity (Wildman–Crippen MR) is 122 cm³/mol. The highest BCUT2D eigenvalue weighted by Gasteiger charge is 2.50. The lowest BCUT2D eigenvalue weighted by molar-refractivity contribution is -0.385. The average Bonchev–Trinajstić information content (AvgIpc) is 3.01. The summed E-state index contributed by atoms with van der Waals surface area (Å²) in [6.45, 7) is 8.72. The van der Waals surface area contributed by atoms with Gasteiger partial charge < -0.3 is 14.8 Å². The first kappa shape index (κ1) is 25.4. The smallest absolute Gasteiger partial charge is 0.336 e. The minimum atomic E-state index is -1.09. The molecular weight excluding hydrogens is 442 g/mol. The second-order valence-electron chi connectivity index (χ2n) is 9.53. The van der Waals surface area contributed by atoms with Gasteiger partial charge in [0.05, 0.1) is 41.7 Å². The highest BCUT2D eigenvalue weighted by Crippen LogP contribution is 2.48. The van der Waals surface area contributed by atoms with Gasteiger partial charge in [-0.25, -0.2) is 9.59 Å². The van der Waals surface area contributed by atoms with Crippen LogP contribution < -0.4 is 5.32 Å². The van der Waals surface area contributed by atoms with Crippen molar-refractivity contribution in [2.45, 2.75) is 64.5 Å². The topological polar surface area (TPSA) is 131 Å². The van der Waals surface area contributed by atoms with E-state index in [1.807, 2.05) is 13.8 Å². The molecule has 183 valence electrons. The Morgan fingerprint density at radius 3 is 2.00 bits per heavy atom. The first-order valence-corrected chi connectivity index (χ1v) is 10.9. The van der Waals surface area contributed by atoms with E-state index in [4.69, 9.17) is 9.47 Å². The first-order chi connectivity index (χ1) is 15.8. The molecule has 2 aliphatic rings. The number of hydrogen-bond acceptors (Lipinski definition) is 8. The summed E-state index contributed by atoms with van der Waals surface area (Å²) in [5.41, 5.74) is -0.252. The average molecular weight is 473 g/mol. The molecule has 0 bridgehead atoms. The van der Waals surface area contributed by atoms with Gasteiger partial charge >= 0.3 is 11.9 Å². The molecule has 0 aromatic heterocycles. The fourth-order valence-electron chi connectivity index (χ4n) is 5.03. The van der Waals surface area contributed by atoms with E-state index in [1.165, 1.54) is 26.4 Å². The van der Waals surface area contributed by atoms with Crippen LogP contribution in [0, 0.1) is 10.1 Å². The van der Waals surface area contributed by atoms with Crippen LogP contribution >= 0.6 is 0 Å². The van der Waals surface area contributed by atoms with Crippen molar-refractivity contribution in [2.24, 2.45) is 0 Å². The van der Waals surface area contributed by atoms with Gasteiger partial charge in [0.25, 0.3) is 5.69 Å². The monoisotopic (exact) mass is 472 g/mol. The van der Waals surface area contributed by atoms with Crippen LogP contribution in [-0.2, 0) is 29.8 Å². The van der Waals surface area contributed by atoms with Crippen molar-refractivity contribution in [3.8, 4) is 0 Å². The van der Waals surface area contributed by atoms with Crippen molar-refractivity contribution in [3.05, 3.63) is 62.0 Å². The van der Waals surface area contributed by atoms with E-state index in [0.717, 1.165) is 5.06 Å². The van der Waals surface area contributed by atoms with Gasteiger partial charge in [-0.2, -0.15) is 0 Å². The number of nitrogens with one attached hydrogen (secondary N) is 1. The van der Waals surface area contributed by atoms with Gasteiger partial charge in [-0.1, -0.05) is 12.1 Å². The van der Waals surface area contributed by atoms with Crippen molar-refractivity contribution in [2.75, 3.05) is 14.2 Å². The van der Waals surface area contributed by atoms with Crippen molar-refractivity contribution < 1.29 is 29.2 Å². The number of esters is 2. The van der Waals surface area contributed by atoms with E-state index in [2.05, 4.69) is 5.32 Å². The molecule has 0 saturated carbocycles. The first-order valence-electron chi connectivity index (χ1n) is 10.9. The normalized spacial score (nSPS) is 23.1. The molecule has 34 heavy (non-hydrogen) atoms. The number of carbonyl (C=O) groups excluding carboxylic acids is 2.